The van der Waals surface area contributed by atoms with Crippen LogP contribution < -0.4 is 0 Å². The second kappa shape index (κ2) is 8.55. The van der Waals surface area contributed by atoms with Gasteiger partial charge in [0.1, 0.15) is 0 Å². The maximum absolute atomic E-state index is 12.5. The SMILES string of the molecule is CC(C)CC(=O)C(=C(CC(C)C)CC(C)C)C(C)C. The molecule has 112 valence electrons. The van der Waals surface area contributed by atoms with Crippen molar-refractivity contribution in [1.82, 2.24) is 0 Å². The molecule has 0 heterocycles. The standard InChI is InChI=1S/C18H34O/c1-12(2)9-16(10-13(3)4)18(15(7)8)17(19)11-14(5)6/h12-15H,9-11H2,1-8H3. The van der Waals surface area contributed by atoms with Crippen LogP contribution in [0.15, 0.2) is 11.1 Å². The lowest BCUT2D eigenvalue weighted by atomic mass is 9.83. The normalized spacial score (nSPS) is 11.8. The molecule has 19 heavy (non-hydrogen) atoms. The van der Waals surface area contributed by atoms with E-state index in [9.17, 15) is 4.79 Å². The fourth-order valence-corrected chi connectivity index (χ4v) is 2.70. The Labute approximate surface area is 120 Å². The van der Waals surface area contributed by atoms with Gasteiger partial charge in [0.2, 0.25) is 0 Å². The van der Waals surface area contributed by atoms with E-state index in [-0.39, 0.29) is 0 Å². The molecule has 0 aromatic heterocycles. The average Bonchev–Trinajstić information content (AvgIpc) is 2.12. The molecular weight excluding hydrogens is 232 g/mol. The van der Waals surface area contributed by atoms with Crippen molar-refractivity contribution in [3.05, 3.63) is 11.1 Å². The topological polar surface area (TPSA) is 17.1 Å². The zero-order valence-corrected chi connectivity index (χ0v) is 14.3. The van der Waals surface area contributed by atoms with Crippen molar-refractivity contribution in [2.45, 2.75) is 74.7 Å². The van der Waals surface area contributed by atoms with E-state index < -0.39 is 0 Å². The highest BCUT2D eigenvalue weighted by atomic mass is 16.1. The Bertz CT molecular complexity index is 294. The zero-order valence-electron chi connectivity index (χ0n) is 14.3. The molecule has 1 heteroatoms. The van der Waals surface area contributed by atoms with Gasteiger partial charge in [0.05, 0.1) is 0 Å². The van der Waals surface area contributed by atoms with Crippen LogP contribution in [0, 0.1) is 23.7 Å². The molecule has 0 aromatic carbocycles. The van der Waals surface area contributed by atoms with Gasteiger partial charge < -0.3 is 0 Å². The molecule has 0 atom stereocenters. The highest BCUT2D eigenvalue weighted by Crippen LogP contribution is 2.28. The van der Waals surface area contributed by atoms with Crippen molar-refractivity contribution in [3.63, 3.8) is 0 Å². The van der Waals surface area contributed by atoms with E-state index in [4.69, 9.17) is 0 Å². The summed E-state index contributed by atoms with van der Waals surface area (Å²) in [7, 11) is 0. The van der Waals surface area contributed by atoms with Gasteiger partial charge in [-0.1, -0.05) is 61.0 Å². The number of carbonyl (C=O) groups excluding carboxylic acids is 1. The van der Waals surface area contributed by atoms with Crippen molar-refractivity contribution in [2.24, 2.45) is 23.7 Å². The first-order chi connectivity index (χ1) is 8.65. The molecule has 0 spiro atoms. The van der Waals surface area contributed by atoms with Gasteiger partial charge >= 0.3 is 0 Å². The largest absolute Gasteiger partial charge is 0.295 e. The Hall–Kier alpha value is -0.590. The first-order valence-electron chi connectivity index (χ1n) is 7.90. The lowest BCUT2D eigenvalue weighted by Crippen LogP contribution is -2.15. The quantitative estimate of drug-likeness (QED) is 0.519. The van der Waals surface area contributed by atoms with Crippen LogP contribution in [0.25, 0.3) is 0 Å². The van der Waals surface area contributed by atoms with E-state index >= 15 is 0 Å². The molecule has 0 N–H and O–H groups in total. The van der Waals surface area contributed by atoms with Gasteiger partial charge in [-0.3, -0.25) is 4.79 Å². The van der Waals surface area contributed by atoms with Gasteiger partial charge in [0.25, 0.3) is 0 Å². The molecule has 0 aliphatic rings. The highest BCUT2D eigenvalue weighted by molar-refractivity contribution is 5.96. The third kappa shape index (κ3) is 7.54. The third-order valence-electron chi connectivity index (χ3n) is 3.16. The Balaban J connectivity index is 5.39. The molecule has 0 bridgehead atoms. The fraction of sp³-hybridized carbons (Fsp3) is 0.833. The highest BCUT2D eigenvalue weighted by Gasteiger charge is 2.20. The molecule has 0 amide bonds. The number of rotatable bonds is 8. The van der Waals surface area contributed by atoms with Crippen LogP contribution in [0.5, 0.6) is 0 Å². The fourth-order valence-electron chi connectivity index (χ4n) is 2.70. The summed E-state index contributed by atoms with van der Waals surface area (Å²) in [6.45, 7) is 17.5. The van der Waals surface area contributed by atoms with E-state index in [1.807, 2.05) is 0 Å². The summed E-state index contributed by atoms with van der Waals surface area (Å²) in [6.07, 6.45) is 2.82. The summed E-state index contributed by atoms with van der Waals surface area (Å²) < 4.78 is 0. The van der Waals surface area contributed by atoms with Crippen LogP contribution in [0.1, 0.15) is 74.7 Å². The molecule has 0 aromatic rings. The smallest absolute Gasteiger partial charge is 0.159 e. The Kier molecular flexibility index (Phi) is 8.29. The second-order valence-electron chi connectivity index (χ2n) is 7.39. The van der Waals surface area contributed by atoms with E-state index in [0.29, 0.717) is 35.9 Å². The number of hydrogen-bond donors (Lipinski definition) is 0. The van der Waals surface area contributed by atoms with Gasteiger partial charge in [0, 0.05) is 6.42 Å². The van der Waals surface area contributed by atoms with Gasteiger partial charge in [0.15, 0.2) is 5.78 Å². The molecule has 0 fully saturated rings. The molecule has 0 aliphatic carbocycles. The van der Waals surface area contributed by atoms with Crippen LogP contribution in [0.3, 0.4) is 0 Å². The monoisotopic (exact) mass is 266 g/mol. The minimum atomic E-state index is 0.346. The lowest BCUT2D eigenvalue weighted by molar-refractivity contribution is -0.116. The van der Waals surface area contributed by atoms with Crippen LogP contribution in [0.4, 0.5) is 0 Å². The summed E-state index contributed by atoms with van der Waals surface area (Å²) in [6, 6.07) is 0. The number of hydrogen-bond acceptors (Lipinski definition) is 1. The van der Waals surface area contributed by atoms with Crippen molar-refractivity contribution in [2.75, 3.05) is 0 Å². The Morgan fingerprint density at radius 2 is 1.05 bits per heavy atom. The maximum atomic E-state index is 12.5. The van der Waals surface area contributed by atoms with Gasteiger partial charge in [-0.15, -0.1) is 0 Å². The Morgan fingerprint density at radius 3 is 1.32 bits per heavy atom. The van der Waals surface area contributed by atoms with E-state index in [1.165, 1.54) is 5.57 Å². The maximum Gasteiger partial charge on any atom is 0.159 e. The minimum Gasteiger partial charge on any atom is -0.295 e. The summed E-state index contributed by atoms with van der Waals surface area (Å²) in [5.41, 5.74) is 2.53. The molecule has 0 aliphatic heterocycles. The van der Waals surface area contributed by atoms with E-state index in [2.05, 4.69) is 55.4 Å². The van der Waals surface area contributed by atoms with Crippen LogP contribution in [-0.4, -0.2) is 5.78 Å². The first kappa shape index (κ1) is 18.4. The predicted molar refractivity (Wildman–Crippen MR) is 85.2 cm³/mol. The molecule has 0 saturated carbocycles. The van der Waals surface area contributed by atoms with Gasteiger partial charge in [-0.05, 0) is 42.1 Å². The molecule has 0 saturated heterocycles. The number of Topliss-reactive ketones (excluding diaryl/α,β-unsaturated/α-hetero) is 1. The summed E-state index contributed by atoms with van der Waals surface area (Å²) in [5.74, 6) is 2.41. The predicted octanol–water partition coefficient (Wildman–Crippen LogP) is 5.65. The van der Waals surface area contributed by atoms with Gasteiger partial charge in [-0.25, -0.2) is 0 Å². The number of allylic oxidation sites excluding steroid dienone is 2. The van der Waals surface area contributed by atoms with Crippen LogP contribution in [0.2, 0.25) is 0 Å². The number of carbonyl (C=O) groups is 1. The molecule has 0 radical (unpaired) electrons. The molecule has 1 nitrogen and oxygen atoms in total. The molecular formula is C18H34O. The Morgan fingerprint density at radius 1 is 0.684 bits per heavy atom. The van der Waals surface area contributed by atoms with Crippen molar-refractivity contribution in [3.8, 4) is 0 Å². The average molecular weight is 266 g/mol. The van der Waals surface area contributed by atoms with Crippen LogP contribution in [-0.2, 0) is 4.79 Å². The van der Waals surface area contributed by atoms with Gasteiger partial charge in [-0.2, -0.15) is 0 Å². The van der Waals surface area contributed by atoms with Crippen LogP contribution >= 0.6 is 0 Å². The minimum absolute atomic E-state index is 0.346. The van der Waals surface area contributed by atoms with E-state index in [0.717, 1.165) is 18.4 Å². The van der Waals surface area contributed by atoms with E-state index in [1.54, 1.807) is 0 Å². The summed E-state index contributed by atoms with van der Waals surface area (Å²) in [4.78, 5) is 12.5. The lowest BCUT2D eigenvalue weighted by Gasteiger charge is -2.21. The van der Waals surface area contributed by atoms with Crippen molar-refractivity contribution in [1.29, 1.82) is 0 Å². The third-order valence-corrected chi connectivity index (χ3v) is 3.16. The summed E-state index contributed by atoms with van der Waals surface area (Å²) >= 11 is 0. The van der Waals surface area contributed by atoms with Crippen molar-refractivity contribution < 1.29 is 4.79 Å². The second-order valence-corrected chi connectivity index (χ2v) is 7.39. The summed E-state index contributed by atoms with van der Waals surface area (Å²) in [5, 5.41) is 0. The number of ketones is 1. The first-order valence-corrected chi connectivity index (χ1v) is 7.90. The zero-order chi connectivity index (χ0) is 15.2. The molecule has 0 unspecified atom stereocenters. The molecule has 0 rings (SSSR count). The van der Waals surface area contributed by atoms with Crippen molar-refractivity contribution >= 4 is 5.78 Å².